The lowest BCUT2D eigenvalue weighted by Crippen LogP contribution is -2.39. The number of ether oxygens (including phenoxy) is 2. The van der Waals surface area contributed by atoms with Gasteiger partial charge in [-0.1, -0.05) is 6.07 Å². The van der Waals surface area contributed by atoms with Crippen LogP contribution in [0.3, 0.4) is 0 Å². The maximum Gasteiger partial charge on any atom is 0.191 e. The van der Waals surface area contributed by atoms with E-state index >= 15 is 0 Å². The second-order valence-corrected chi connectivity index (χ2v) is 6.52. The quantitative estimate of drug-likeness (QED) is 0.249. The minimum absolute atomic E-state index is 0. The van der Waals surface area contributed by atoms with Gasteiger partial charge in [-0.2, -0.15) is 0 Å². The third kappa shape index (κ3) is 8.69. The Labute approximate surface area is 177 Å². The maximum absolute atomic E-state index is 13.8. The Hall–Kier alpha value is -1.00. The normalized spacial score (nSPS) is 16.5. The summed E-state index contributed by atoms with van der Waals surface area (Å²) in [5.74, 6) is 0.0342. The molecule has 1 saturated heterocycles. The first-order valence-corrected chi connectivity index (χ1v) is 9.17. The number of guanidine groups is 1. The lowest BCUT2D eigenvalue weighted by molar-refractivity contribution is 0.0203. The van der Waals surface area contributed by atoms with Gasteiger partial charge in [-0.3, -0.25) is 4.99 Å². The van der Waals surface area contributed by atoms with Crippen molar-refractivity contribution < 1.29 is 18.3 Å². The van der Waals surface area contributed by atoms with Crippen LogP contribution in [-0.2, 0) is 9.47 Å². The summed E-state index contributed by atoms with van der Waals surface area (Å²) in [6.07, 6.45) is 3.00. The summed E-state index contributed by atoms with van der Waals surface area (Å²) in [4.78, 5) is 4.14. The summed E-state index contributed by atoms with van der Waals surface area (Å²) in [7, 11) is 1.66. The second kappa shape index (κ2) is 13.2. The van der Waals surface area contributed by atoms with Crippen molar-refractivity contribution in [3.05, 3.63) is 35.4 Å². The number of halogens is 3. The van der Waals surface area contributed by atoms with Crippen molar-refractivity contribution in [2.24, 2.45) is 10.9 Å². The molecule has 0 spiro atoms. The summed E-state index contributed by atoms with van der Waals surface area (Å²) >= 11 is 0. The molecule has 0 aliphatic carbocycles. The number of nitrogens with zero attached hydrogens (tertiary/aromatic N) is 1. The van der Waals surface area contributed by atoms with Crippen molar-refractivity contribution in [3.63, 3.8) is 0 Å². The third-order valence-corrected chi connectivity index (χ3v) is 4.46. The van der Waals surface area contributed by atoms with Crippen molar-refractivity contribution in [1.82, 2.24) is 10.6 Å². The fourth-order valence-corrected chi connectivity index (χ4v) is 2.87. The molecule has 0 radical (unpaired) electrons. The number of aliphatic imine (C=N–C) groups is 1. The van der Waals surface area contributed by atoms with Crippen LogP contribution >= 0.6 is 24.0 Å². The number of benzene rings is 1. The smallest absolute Gasteiger partial charge is 0.191 e. The standard InChI is InChI=1S/C19H29F2N3O2.HI/c1-14(17-5-4-16(20)12-18(17)21)24-19(22-2)23-8-3-9-26-13-15-6-10-25-11-7-15;/h4-5,12,14-15H,3,6-11,13H2,1-2H3,(H2,22,23,24);1H. The van der Waals surface area contributed by atoms with Crippen LogP contribution in [0.2, 0.25) is 0 Å². The zero-order chi connectivity index (χ0) is 18.8. The molecule has 8 heteroatoms. The van der Waals surface area contributed by atoms with Crippen LogP contribution in [-0.4, -0.2) is 46.0 Å². The van der Waals surface area contributed by atoms with E-state index in [9.17, 15) is 8.78 Å². The molecule has 1 fully saturated rings. The zero-order valence-corrected chi connectivity index (χ0v) is 18.3. The average molecular weight is 497 g/mol. The van der Waals surface area contributed by atoms with Gasteiger partial charge in [0.25, 0.3) is 0 Å². The van der Waals surface area contributed by atoms with Crippen LogP contribution in [0.25, 0.3) is 0 Å². The van der Waals surface area contributed by atoms with Crippen LogP contribution in [0.15, 0.2) is 23.2 Å². The van der Waals surface area contributed by atoms with Gasteiger partial charge in [0, 0.05) is 51.6 Å². The highest BCUT2D eigenvalue weighted by atomic mass is 127. The van der Waals surface area contributed by atoms with Crippen LogP contribution in [0.5, 0.6) is 0 Å². The van der Waals surface area contributed by atoms with E-state index in [-0.39, 0.29) is 30.0 Å². The number of hydrogen-bond acceptors (Lipinski definition) is 3. The van der Waals surface area contributed by atoms with Crippen molar-refractivity contribution in [2.45, 2.75) is 32.2 Å². The van der Waals surface area contributed by atoms with Gasteiger partial charge >= 0.3 is 0 Å². The van der Waals surface area contributed by atoms with Gasteiger partial charge in [0.2, 0.25) is 0 Å². The average Bonchev–Trinajstić information content (AvgIpc) is 2.64. The van der Waals surface area contributed by atoms with Crippen molar-refractivity contribution >= 4 is 29.9 Å². The topological polar surface area (TPSA) is 54.9 Å². The minimum Gasteiger partial charge on any atom is -0.381 e. The monoisotopic (exact) mass is 497 g/mol. The number of hydrogen-bond donors (Lipinski definition) is 2. The van der Waals surface area contributed by atoms with Crippen molar-refractivity contribution in [3.8, 4) is 0 Å². The Morgan fingerprint density at radius 1 is 1.33 bits per heavy atom. The van der Waals surface area contributed by atoms with E-state index in [0.717, 1.165) is 45.1 Å². The predicted molar refractivity (Wildman–Crippen MR) is 114 cm³/mol. The van der Waals surface area contributed by atoms with E-state index in [1.54, 1.807) is 14.0 Å². The number of rotatable bonds is 8. The lowest BCUT2D eigenvalue weighted by Gasteiger charge is -2.22. The summed E-state index contributed by atoms with van der Waals surface area (Å²) < 4.78 is 37.9. The third-order valence-electron chi connectivity index (χ3n) is 4.46. The highest BCUT2D eigenvalue weighted by Gasteiger charge is 2.14. The second-order valence-electron chi connectivity index (χ2n) is 6.52. The molecule has 1 aromatic carbocycles. The van der Waals surface area contributed by atoms with E-state index in [1.807, 2.05) is 0 Å². The van der Waals surface area contributed by atoms with Gasteiger partial charge in [0.1, 0.15) is 11.6 Å². The largest absolute Gasteiger partial charge is 0.381 e. The molecule has 1 aliphatic heterocycles. The summed E-state index contributed by atoms with van der Waals surface area (Å²) in [6, 6.07) is 3.26. The van der Waals surface area contributed by atoms with Gasteiger partial charge in [0.05, 0.1) is 6.04 Å². The van der Waals surface area contributed by atoms with Crippen LogP contribution < -0.4 is 10.6 Å². The highest BCUT2D eigenvalue weighted by Crippen LogP contribution is 2.17. The first-order chi connectivity index (χ1) is 12.6. The molecule has 0 amide bonds. The molecule has 1 atom stereocenters. The molecular formula is C19H30F2IN3O2. The first-order valence-electron chi connectivity index (χ1n) is 9.17. The number of nitrogens with one attached hydrogen (secondary N) is 2. The molecule has 2 N–H and O–H groups in total. The van der Waals surface area contributed by atoms with Crippen LogP contribution in [0.1, 0.15) is 37.8 Å². The molecule has 1 aromatic rings. The molecule has 1 heterocycles. The van der Waals surface area contributed by atoms with Crippen molar-refractivity contribution in [2.75, 3.05) is 40.0 Å². The highest BCUT2D eigenvalue weighted by molar-refractivity contribution is 14.0. The first kappa shape index (κ1) is 24.0. The van der Waals surface area contributed by atoms with E-state index in [2.05, 4.69) is 15.6 Å². The Kier molecular flexibility index (Phi) is 11.8. The molecular weight excluding hydrogens is 467 g/mol. The summed E-state index contributed by atoms with van der Waals surface area (Å²) in [5.41, 5.74) is 0.397. The SMILES string of the molecule is CN=C(NCCCOCC1CCOCC1)NC(C)c1ccc(F)cc1F.I. The van der Waals surface area contributed by atoms with Crippen molar-refractivity contribution in [1.29, 1.82) is 0 Å². The van der Waals surface area contributed by atoms with Crippen LogP contribution in [0, 0.1) is 17.6 Å². The molecule has 0 saturated carbocycles. The van der Waals surface area contributed by atoms with E-state index < -0.39 is 11.6 Å². The Balaban J connectivity index is 0.00000364. The Bertz CT molecular complexity index is 584. The van der Waals surface area contributed by atoms with Gasteiger partial charge in [-0.05, 0) is 38.2 Å². The van der Waals surface area contributed by atoms with E-state index in [1.165, 1.54) is 12.1 Å². The van der Waals surface area contributed by atoms with Gasteiger partial charge < -0.3 is 20.1 Å². The molecule has 0 aromatic heterocycles. The summed E-state index contributed by atoms with van der Waals surface area (Å²) in [5, 5.41) is 6.29. The van der Waals surface area contributed by atoms with Gasteiger partial charge in [-0.15, -0.1) is 24.0 Å². The molecule has 5 nitrogen and oxygen atoms in total. The van der Waals surface area contributed by atoms with E-state index in [4.69, 9.17) is 9.47 Å². The zero-order valence-electron chi connectivity index (χ0n) is 16.0. The molecule has 1 aliphatic rings. The molecule has 154 valence electrons. The van der Waals surface area contributed by atoms with E-state index in [0.29, 0.717) is 30.6 Å². The van der Waals surface area contributed by atoms with Crippen LogP contribution in [0.4, 0.5) is 8.78 Å². The maximum atomic E-state index is 13.8. The Morgan fingerprint density at radius 3 is 2.74 bits per heavy atom. The van der Waals surface area contributed by atoms with Gasteiger partial charge in [0.15, 0.2) is 5.96 Å². The Morgan fingerprint density at radius 2 is 2.07 bits per heavy atom. The lowest BCUT2D eigenvalue weighted by atomic mass is 10.0. The summed E-state index contributed by atoms with van der Waals surface area (Å²) in [6.45, 7) is 5.65. The molecule has 0 bridgehead atoms. The fraction of sp³-hybridized carbons (Fsp3) is 0.632. The fourth-order valence-electron chi connectivity index (χ4n) is 2.87. The molecule has 2 rings (SSSR count). The molecule has 1 unspecified atom stereocenters. The molecule has 27 heavy (non-hydrogen) atoms. The predicted octanol–water partition coefficient (Wildman–Crippen LogP) is 3.64. The van der Waals surface area contributed by atoms with Gasteiger partial charge in [-0.25, -0.2) is 8.78 Å². The minimum atomic E-state index is -0.582.